The molecule has 3 rings (SSSR count). The number of nitrogens with zero attached hydrogens (tertiary/aromatic N) is 2. The summed E-state index contributed by atoms with van der Waals surface area (Å²) in [5.41, 5.74) is 5.84. The van der Waals surface area contributed by atoms with Gasteiger partial charge in [0.2, 0.25) is 0 Å². The summed E-state index contributed by atoms with van der Waals surface area (Å²) in [6, 6.07) is 4.72. The average molecular weight is 275 g/mol. The largest absolute Gasteiger partial charge is 0.393 e. The van der Waals surface area contributed by atoms with E-state index in [0.29, 0.717) is 12.0 Å². The molecule has 20 heavy (non-hydrogen) atoms. The molecule has 1 aromatic rings. The third-order valence-electron chi connectivity index (χ3n) is 3.91. The van der Waals surface area contributed by atoms with Gasteiger partial charge in [-0.05, 0) is 37.7 Å². The van der Waals surface area contributed by atoms with Gasteiger partial charge >= 0.3 is 0 Å². The number of rotatable bonds is 5. The first-order chi connectivity index (χ1) is 9.58. The van der Waals surface area contributed by atoms with Crippen LogP contribution in [0.2, 0.25) is 0 Å². The van der Waals surface area contributed by atoms with Crippen LogP contribution in [0.25, 0.3) is 0 Å². The van der Waals surface area contributed by atoms with E-state index >= 15 is 0 Å². The van der Waals surface area contributed by atoms with Gasteiger partial charge in [-0.1, -0.05) is 6.07 Å². The highest BCUT2D eigenvalue weighted by Gasteiger charge is 2.37. The predicted octanol–water partition coefficient (Wildman–Crippen LogP) is 2.19. The van der Waals surface area contributed by atoms with Gasteiger partial charge in [0.05, 0.1) is 10.5 Å². The van der Waals surface area contributed by atoms with Crippen LogP contribution in [0.3, 0.4) is 0 Å². The van der Waals surface area contributed by atoms with Gasteiger partial charge in [-0.2, -0.15) is 0 Å². The molecule has 0 heterocycles. The van der Waals surface area contributed by atoms with Crippen LogP contribution in [0.15, 0.2) is 18.2 Å². The summed E-state index contributed by atoms with van der Waals surface area (Å²) in [6.45, 7) is 0.756. The fourth-order valence-electron chi connectivity index (χ4n) is 2.42. The fraction of sp³-hybridized carbons (Fsp3) is 0.500. The van der Waals surface area contributed by atoms with E-state index in [9.17, 15) is 14.9 Å². The summed E-state index contributed by atoms with van der Waals surface area (Å²) >= 11 is 0. The lowest BCUT2D eigenvalue weighted by molar-refractivity contribution is -0.383. The van der Waals surface area contributed by atoms with Gasteiger partial charge in [0, 0.05) is 18.7 Å². The number of nitro benzene ring substituents is 1. The fourth-order valence-corrected chi connectivity index (χ4v) is 2.42. The number of nitrogens with two attached hydrogens (primary N) is 1. The number of hydrogen-bond donors (Lipinski definition) is 1. The quantitative estimate of drug-likeness (QED) is 0.506. The molecule has 6 nitrogen and oxygen atoms in total. The van der Waals surface area contributed by atoms with Gasteiger partial charge in [-0.25, -0.2) is 0 Å². The molecule has 0 atom stereocenters. The van der Waals surface area contributed by atoms with E-state index in [-0.39, 0.29) is 22.8 Å². The summed E-state index contributed by atoms with van der Waals surface area (Å²) in [5, 5.41) is 10.9. The zero-order chi connectivity index (χ0) is 14.3. The van der Waals surface area contributed by atoms with Gasteiger partial charge in [0.1, 0.15) is 5.69 Å². The number of para-hydroxylation sites is 1. The number of nitrogen functional groups attached to an aromatic ring is 1. The Labute approximate surface area is 116 Å². The van der Waals surface area contributed by atoms with Crippen molar-refractivity contribution in [1.82, 2.24) is 4.90 Å². The molecule has 0 aliphatic heterocycles. The number of benzene rings is 1. The summed E-state index contributed by atoms with van der Waals surface area (Å²) in [5.74, 6) is 0.431. The van der Waals surface area contributed by atoms with E-state index in [1.165, 1.54) is 25.0 Å². The Bertz CT molecular complexity index is 565. The third kappa shape index (κ3) is 2.45. The van der Waals surface area contributed by atoms with Crippen LogP contribution in [-0.2, 0) is 0 Å². The second-order valence-electron chi connectivity index (χ2n) is 5.63. The summed E-state index contributed by atoms with van der Waals surface area (Å²) < 4.78 is 0. The highest BCUT2D eigenvalue weighted by Crippen LogP contribution is 2.36. The lowest BCUT2D eigenvalue weighted by Gasteiger charge is -2.23. The number of nitro groups is 1. The highest BCUT2D eigenvalue weighted by atomic mass is 16.6. The zero-order valence-corrected chi connectivity index (χ0v) is 11.1. The van der Waals surface area contributed by atoms with Crippen molar-refractivity contribution in [3.8, 4) is 0 Å². The van der Waals surface area contributed by atoms with Crippen LogP contribution in [0.5, 0.6) is 0 Å². The maximum absolute atomic E-state index is 12.6. The molecule has 0 radical (unpaired) electrons. The third-order valence-corrected chi connectivity index (χ3v) is 3.91. The Kier molecular flexibility index (Phi) is 3.08. The smallest absolute Gasteiger partial charge is 0.292 e. The van der Waals surface area contributed by atoms with Crippen molar-refractivity contribution in [1.29, 1.82) is 0 Å². The molecule has 106 valence electrons. The molecule has 1 aromatic carbocycles. The van der Waals surface area contributed by atoms with Gasteiger partial charge in [-0.3, -0.25) is 14.9 Å². The first-order valence-corrected chi connectivity index (χ1v) is 6.91. The molecular formula is C14H17N3O3. The Morgan fingerprint density at radius 2 is 2.05 bits per heavy atom. The van der Waals surface area contributed by atoms with Gasteiger partial charge in [0.15, 0.2) is 0 Å². The minimum absolute atomic E-state index is 0.0241. The van der Waals surface area contributed by atoms with Crippen LogP contribution in [-0.4, -0.2) is 28.3 Å². The maximum atomic E-state index is 12.6. The van der Waals surface area contributed by atoms with Crippen LogP contribution >= 0.6 is 0 Å². The van der Waals surface area contributed by atoms with Crippen LogP contribution in [0.4, 0.5) is 11.4 Å². The Morgan fingerprint density at radius 1 is 1.35 bits per heavy atom. The van der Waals surface area contributed by atoms with Crippen LogP contribution in [0.1, 0.15) is 36.0 Å². The zero-order valence-electron chi connectivity index (χ0n) is 11.1. The molecule has 0 spiro atoms. The number of carbonyl (C=O) groups is 1. The molecule has 6 heteroatoms. The van der Waals surface area contributed by atoms with Gasteiger partial charge in [0.25, 0.3) is 11.6 Å². The van der Waals surface area contributed by atoms with E-state index in [1.54, 1.807) is 6.07 Å². The number of carbonyl (C=O) groups excluding carboxylic acids is 1. The second kappa shape index (κ2) is 4.77. The summed E-state index contributed by atoms with van der Waals surface area (Å²) in [7, 11) is 0. The number of anilines is 1. The lowest BCUT2D eigenvalue weighted by atomic mass is 10.1. The first-order valence-electron chi connectivity index (χ1n) is 6.91. The number of hydrogen-bond acceptors (Lipinski definition) is 4. The lowest BCUT2D eigenvalue weighted by Crippen LogP contribution is -2.35. The molecule has 0 unspecified atom stereocenters. The SMILES string of the molecule is Nc1c(C(=O)N(CC2CC2)C2CC2)cccc1[N+](=O)[O-]. The molecule has 0 saturated heterocycles. The van der Waals surface area contributed by atoms with Crippen molar-refractivity contribution in [2.24, 2.45) is 5.92 Å². The molecule has 1 amide bonds. The Balaban J connectivity index is 1.88. The normalized spacial score (nSPS) is 17.8. The summed E-state index contributed by atoms with van der Waals surface area (Å²) in [4.78, 5) is 24.8. The van der Waals surface area contributed by atoms with Crippen molar-refractivity contribution in [3.05, 3.63) is 33.9 Å². The van der Waals surface area contributed by atoms with Crippen LogP contribution < -0.4 is 5.73 Å². The Hall–Kier alpha value is -2.11. The number of amides is 1. The van der Waals surface area contributed by atoms with E-state index in [0.717, 1.165) is 19.4 Å². The predicted molar refractivity (Wildman–Crippen MR) is 74.3 cm³/mol. The average Bonchev–Trinajstić information content (AvgIpc) is 3.26. The molecule has 2 saturated carbocycles. The topological polar surface area (TPSA) is 89.5 Å². The first kappa shape index (κ1) is 12.9. The molecule has 2 N–H and O–H groups in total. The van der Waals surface area contributed by atoms with Gasteiger partial charge in [-0.15, -0.1) is 0 Å². The standard InChI is InChI=1S/C14H17N3O3/c15-13-11(2-1-3-12(13)17(19)20)14(18)16(10-6-7-10)8-9-4-5-9/h1-3,9-10H,4-8,15H2. The van der Waals surface area contributed by atoms with Crippen molar-refractivity contribution in [2.75, 3.05) is 12.3 Å². The summed E-state index contributed by atoms with van der Waals surface area (Å²) in [6.07, 6.45) is 4.38. The van der Waals surface area contributed by atoms with E-state index < -0.39 is 4.92 Å². The monoisotopic (exact) mass is 275 g/mol. The van der Waals surface area contributed by atoms with Crippen molar-refractivity contribution >= 4 is 17.3 Å². The van der Waals surface area contributed by atoms with Gasteiger partial charge < -0.3 is 10.6 Å². The Morgan fingerprint density at radius 3 is 2.60 bits per heavy atom. The molecule has 0 bridgehead atoms. The van der Waals surface area contributed by atoms with E-state index in [2.05, 4.69) is 0 Å². The molecule has 2 aliphatic carbocycles. The molecule has 2 fully saturated rings. The molecular weight excluding hydrogens is 258 g/mol. The van der Waals surface area contributed by atoms with Crippen molar-refractivity contribution < 1.29 is 9.72 Å². The maximum Gasteiger partial charge on any atom is 0.292 e. The highest BCUT2D eigenvalue weighted by molar-refractivity contribution is 6.01. The molecule has 2 aliphatic rings. The van der Waals surface area contributed by atoms with Crippen molar-refractivity contribution in [3.63, 3.8) is 0 Å². The van der Waals surface area contributed by atoms with Crippen LogP contribution in [0, 0.1) is 16.0 Å². The van der Waals surface area contributed by atoms with Crippen molar-refractivity contribution in [2.45, 2.75) is 31.7 Å². The van der Waals surface area contributed by atoms with E-state index in [4.69, 9.17) is 5.73 Å². The minimum Gasteiger partial charge on any atom is -0.393 e. The molecule has 0 aromatic heterocycles. The minimum atomic E-state index is -0.547. The second-order valence-corrected chi connectivity index (χ2v) is 5.63. The van der Waals surface area contributed by atoms with E-state index in [1.807, 2.05) is 4.90 Å².